The van der Waals surface area contributed by atoms with Gasteiger partial charge in [0.05, 0.1) is 23.3 Å². The van der Waals surface area contributed by atoms with Crippen molar-refractivity contribution >= 4 is 12.2 Å². The van der Waals surface area contributed by atoms with Gasteiger partial charge < -0.3 is 9.72 Å². The maximum atomic E-state index is 5.42. The zero-order valence-corrected chi connectivity index (χ0v) is 6.90. The Kier molecular flexibility index (Phi) is 1.22. The van der Waals surface area contributed by atoms with Gasteiger partial charge in [-0.1, -0.05) is 6.08 Å². The minimum absolute atomic E-state index is 0.0424. The van der Waals surface area contributed by atoms with E-state index < -0.39 is 0 Å². The van der Waals surface area contributed by atoms with E-state index in [1.165, 1.54) is 5.57 Å². The number of H-pyrrole nitrogens is 1. The number of ether oxygens (including phenoxy) is 1. The van der Waals surface area contributed by atoms with E-state index in [4.69, 9.17) is 4.74 Å². The van der Waals surface area contributed by atoms with Gasteiger partial charge in [0.1, 0.15) is 6.10 Å². The number of hydrogen-bond donors (Lipinski definition) is 1. The quantitative estimate of drug-likeness (QED) is 0.589. The SMILES string of the molecule is C1=COC2C=c3nc[nH]c3=CC2=C1. The Morgan fingerprint density at radius 3 is 3.46 bits per heavy atom. The number of nitrogens with one attached hydrogen (secondary N) is 1. The first-order valence-electron chi connectivity index (χ1n) is 4.19. The van der Waals surface area contributed by atoms with Crippen LogP contribution in [-0.2, 0) is 4.74 Å². The highest BCUT2D eigenvalue weighted by molar-refractivity contribution is 5.60. The summed E-state index contributed by atoms with van der Waals surface area (Å²) in [5.41, 5.74) is 1.17. The Bertz CT molecular complexity index is 507. The van der Waals surface area contributed by atoms with Crippen molar-refractivity contribution in [2.45, 2.75) is 6.10 Å². The van der Waals surface area contributed by atoms with Crippen LogP contribution < -0.4 is 10.7 Å². The van der Waals surface area contributed by atoms with Gasteiger partial charge in [0.15, 0.2) is 0 Å². The molecular weight excluding hydrogens is 164 g/mol. The molecule has 0 radical (unpaired) electrons. The molecule has 0 fully saturated rings. The smallest absolute Gasteiger partial charge is 0.144 e. The molecule has 0 aromatic carbocycles. The number of aromatic nitrogens is 2. The molecule has 0 amide bonds. The van der Waals surface area contributed by atoms with Crippen molar-refractivity contribution in [2.75, 3.05) is 0 Å². The molecule has 1 atom stereocenters. The van der Waals surface area contributed by atoms with E-state index in [1.807, 2.05) is 12.2 Å². The number of aromatic amines is 1. The fourth-order valence-electron chi connectivity index (χ4n) is 1.59. The normalized spacial score (nSPS) is 23.1. The van der Waals surface area contributed by atoms with Crippen molar-refractivity contribution in [1.29, 1.82) is 0 Å². The van der Waals surface area contributed by atoms with E-state index in [1.54, 1.807) is 12.6 Å². The van der Waals surface area contributed by atoms with Crippen LogP contribution in [0.4, 0.5) is 0 Å². The van der Waals surface area contributed by atoms with E-state index in [0.717, 1.165) is 10.7 Å². The van der Waals surface area contributed by atoms with Crippen LogP contribution in [0.1, 0.15) is 0 Å². The lowest BCUT2D eigenvalue weighted by molar-refractivity contribution is 0.229. The van der Waals surface area contributed by atoms with Gasteiger partial charge in [-0.25, -0.2) is 4.98 Å². The van der Waals surface area contributed by atoms with Crippen LogP contribution in [-0.4, -0.2) is 16.1 Å². The highest BCUT2D eigenvalue weighted by atomic mass is 16.5. The molecule has 3 rings (SSSR count). The topological polar surface area (TPSA) is 37.9 Å². The second-order valence-corrected chi connectivity index (χ2v) is 3.06. The minimum atomic E-state index is 0.0424. The van der Waals surface area contributed by atoms with Crippen molar-refractivity contribution in [3.05, 3.63) is 41.0 Å². The molecule has 2 aliphatic rings. The van der Waals surface area contributed by atoms with Crippen LogP contribution in [0.25, 0.3) is 12.2 Å². The van der Waals surface area contributed by atoms with E-state index in [-0.39, 0.29) is 6.10 Å². The predicted octanol–water partition coefficient (Wildman–Crippen LogP) is -0.177. The number of hydrogen-bond acceptors (Lipinski definition) is 2. The van der Waals surface area contributed by atoms with Gasteiger partial charge in [0.25, 0.3) is 0 Å². The molecule has 13 heavy (non-hydrogen) atoms. The van der Waals surface area contributed by atoms with Crippen LogP contribution in [0.3, 0.4) is 0 Å². The summed E-state index contributed by atoms with van der Waals surface area (Å²) in [5, 5.41) is 2.03. The lowest BCUT2D eigenvalue weighted by Crippen LogP contribution is -2.33. The maximum absolute atomic E-state index is 5.42. The maximum Gasteiger partial charge on any atom is 0.144 e. The van der Waals surface area contributed by atoms with Gasteiger partial charge in [-0.05, 0) is 23.8 Å². The Balaban J connectivity index is 2.30. The molecule has 1 unspecified atom stereocenters. The van der Waals surface area contributed by atoms with Crippen LogP contribution in [0.5, 0.6) is 0 Å². The molecule has 1 aliphatic heterocycles. The molecule has 0 saturated heterocycles. The first-order valence-corrected chi connectivity index (χ1v) is 4.19. The Morgan fingerprint density at radius 2 is 2.46 bits per heavy atom. The van der Waals surface area contributed by atoms with E-state index in [9.17, 15) is 0 Å². The van der Waals surface area contributed by atoms with Crippen molar-refractivity contribution in [3.63, 3.8) is 0 Å². The second-order valence-electron chi connectivity index (χ2n) is 3.06. The molecule has 0 saturated carbocycles. The fraction of sp³-hybridized carbons (Fsp3) is 0.100. The number of allylic oxidation sites excluding steroid dienone is 2. The molecular formula is C10H8N2O. The van der Waals surface area contributed by atoms with Crippen molar-refractivity contribution in [2.24, 2.45) is 0 Å². The highest BCUT2D eigenvalue weighted by Crippen LogP contribution is 2.16. The molecule has 1 N–H and O–H groups in total. The Hall–Kier alpha value is -1.77. The summed E-state index contributed by atoms with van der Waals surface area (Å²) >= 11 is 0. The van der Waals surface area contributed by atoms with Crippen LogP contribution in [0.15, 0.2) is 30.3 Å². The molecule has 1 aliphatic carbocycles. The Morgan fingerprint density at radius 1 is 1.46 bits per heavy atom. The largest absolute Gasteiger partial charge is 0.489 e. The molecule has 64 valence electrons. The molecule has 3 nitrogen and oxygen atoms in total. The lowest BCUT2D eigenvalue weighted by Gasteiger charge is -2.18. The third-order valence-electron chi connectivity index (χ3n) is 2.24. The third-order valence-corrected chi connectivity index (χ3v) is 2.24. The summed E-state index contributed by atoms with van der Waals surface area (Å²) in [5.74, 6) is 0. The molecule has 0 bridgehead atoms. The van der Waals surface area contributed by atoms with Crippen molar-refractivity contribution in [3.8, 4) is 0 Å². The van der Waals surface area contributed by atoms with Gasteiger partial charge in [-0.15, -0.1) is 0 Å². The van der Waals surface area contributed by atoms with Gasteiger partial charge in [-0.3, -0.25) is 0 Å². The average molecular weight is 172 g/mol. The van der Waals surface area contributed by atoms with Crippen molar-refractivity contribution in [1.82, 2.24) is 9.97 Å². The lowest BCUT2D eigenvalue weighted by atomic mass is 10.0. The number of nitrogens with zero attached hydrogens (tertiary/aromatic N) is 1. The van der Waals surface area contributed by atoms with Crippen molar-refractivity contribution < 1.29 is 4.74 Å². The summed E-state index contributed by atoms with van der Waals surface area (Å²) < 4.78 is 5.42. The number of imidazole rings is 1. The summed E-state index contributed by atoms with van der Waals surface area (Å²) in [6.45, 7) is 0. The van der Waals surface area contributed by atoms with E-state index in [2.05, 4.69) is 22.1 Å². The summed E-state index contributed by atoms with van der Waals surface area (Å²) in [6, 6.07) is 0. The minimum Gasteiger partial charge on any atom is -0.489 e. The number of rotatable bonds is 0. The predicted molar refractivity (Wildman–Crippen MR) is 48.9 cm³/mol. The first kappa shape index (κ1) is 6.71. The summed E-state index contributed by atoms with van der Waals surface area (Å²) in [7, 11) is 0. The zero-order chi connectivity index (χ0) is 8.67. The highest BCUT2D eigenvalue weighted by Gasteiger charge is 2.15. The summed E-state index contributed by atoms with van der Waals surface area (Å²) in [6.07, 6.45) is 11.5. The van der Waals surface area contributed by atoms with Gasteiger partial charge in [0.2, 0.25) is 0 Å². The average Bonchev–Trinajstić information content (AvgIpc) is 2.61. The van der Waals surface area contributed by atoms with E-state index in [0.29, 0.717) is 0 Å². The Labute approximate surface area is 74.8 Å². The standard InChI is InChI=1S/C10H8N2O/c1-2-7-4-8-9(12-6-11-8)5-10(7)13-3-1/h1-6,10H,(H,11,12). The second kappa shape index (κ2) is 2.36. The van der Waals surface area contributed by atoms with Gasteiger partial charge >= 0.3 is 0 Å². The molecule has 2 heterocycles. The molecule has 3 heteroatoms. The van der Waals surface area contributed by atoms with E-state index >= 15 is 0 Å². The molecule has 1 aromatic heterocycles. The molecule has 0 spiro atoms. The molecule has 1 aromatic rings. The van der Waals surface area contributed by atoms with Crippen LogP contribution >= 0.6 is 0 Å². The zero-order valence-electron chi connectivity index (χ0n) is 6.90. The number of fused-ring (bicyclic) bond motifs is 2. The monoisotopic (exact) mass is 172 g/mol. The van der Waals surface area contributed by atoms with Gasteiger partial charge in [0, 0.05) is 0 Å². The fourth-order valence-corrected chi connectivity index (χ4v) is 1.59. The van der Waals surface area contributed by atoms with Crippen LogP contribution in [0.2, 0.25) is 0 Å². The first-order chi connectivity index (χ1) is 6.43. The van der Waals surface area contributed by atoms with Crippen LogP contribution in [0, 0.1) is 0 Å². The third kappa shape index (κ3) is 0.935. The van der Waals surface area contributed by atoms with Gasteiger partial charge in [-0.2, -0.15) is 0 Å². The summed E-state index contributed by atoms with van der Waals surface area (Å²) in [4.78, 5) is 7.25.